The first-order chi connectivity index (χ1) is 10.7. The normalized spacial score (nSPS) is 18.2. The molecule has 0 spiro atoms. The molecule has 0 saturated heterocycles. The lowest BCUT2D eigenvalue weighted by molar-refractivity contribution is 0.646. The summed E-state index contributed by atoms with van der Waals surface area (Å²) in [5, 5.41) is 6.22. The van der Waals surface area contributed by atoms with E-state index >= 15 is 0 Å². The van der Waals surface area contributed by atoms with Crippen LogP contribution < -0.4 is 5.32 Å². The van der Waals surface area contributed by atoms with Crippen LogP contribution in [0.3, 0.4) is 0 Å². The second-order valence-corrected chi connectivity index (χ2v) is 6.55. The van der Waals surface area contributed by atoms with E-state index in [2.05, 4.69) is 40.2 Å². The third-order valence-electron chi connectivity index (χ3n) is 4.40. The van der Waals surface area contributed by atoms with Crippen molar-refractivity contribution >= 4 is 34.1 Å². The summed E-state index contributed by atoms with van der Waals surface area (Å²) in [6.07, 6.45) is 0. The molecule has 0 aliphatic carbocycles. The van der Waals surface area contributed by atoms with Gasteiger partial charge in [-0.15, -0.1) is 0 Å². The first kappa shape index (κ1) is 14.1. The van der Waals surface area contributed by atoms with Gasteiger partial charge in [0.25, 0.3) is 0 Å². The SMILES string of the molecule is Clc1ccc(C2CNCCn3c2cc2ccccc23)c(Cl)c1. The maximum atomic E-state index is 6.46. The molecule has 1 aliphatic heterocycles. The lowest BCUT2D eigenvalue weighted by atomic mass is 9.95. The summed E-state index contributed by atoms with van der Waals surface area (Å²) in [7, 11) is 0. The fourth-order valence-electron chi connectivity index (χ4n) is 3.37. The highest BCUT2D eigenvalue weighted by Crippen LogP contribution is 2.35. The van der Waals surface area contributed by atoms with E-state index in [1.54, 1.807) is 0 Å². The van der Waals surface area contributed by atoms with Gasteiger partial charge < -0.3 is 9.88 Å². The van der Waals surface area contributed by atoms with Crippen molar-refractivity contribution in [3.8, 4) is 0 Å². The summed E-state index contributed by atoms with van der Waals surface area (Å²) < 4.78 is 2.41. The second-order valence-electron chi connectivity index (χ2n) is 5.70. The zero-order valence-electron chi connectivity index (χ0n) is 12.0. The van der Waals surface area contributed by atoms with Crippen molar-refractivity contribution < 1.29 is 0 Å². The standard InChI is InChI=1S/C18H16Cl2N2/c19-13-5-6-14(16(20)10-13)15-11-21-7-8-22-17-4-2-1-3-12(17)9-18(15)22/h1-6,9-10,15,21H,7-8,11H2. The van der Waals surface area contributed by atoms with Gasteiger partial charge >= 0.3 is 0 Å². The highest BCUT2D eigenvalue weighted by molar-refractivity contribution is 6.35. The molecular formula is C18H16Cl2N2. The van der Waals surface area contributed by atoms with Crippen LogP contribution in [-0.2, 0) is 6.54 Å². The summed E-state index contributed by atoms with van der Waals surface area (Å²) in [6.45, 7) is 2.83. The predicted molar refractivity (Wildman–Crippen MR) is 93.1 cm³/mol. The van der Waals surface area contributed by atoms with Crippen molar-refractivity contribution in [2.75, 3.05) is 13.1 Å². The summed E-state index contributed by atoms with van der Waals surface area (Å²) in [5.41, 5.74) is 3.73. The summed E-state index contributed by atoms with van der Waals surface area (Å²) in [6, 6.07) is 16.6. The number of aromatic nitrogens is 1. The van der Waals surface area contributed by atoms with E-state index in [4.69, 9.17) is 23.2 Å². The number of halogens is 2. The van der Waals surface area contributed by atoms with Crippen molar-refractivity contribution in [2.24, 2.45) is 0 Å². The Bertz CT molecular complexity index is 838. The van der Waals surface area contributed by atoms with Gasteiger partial charge in [-0.1, -0.05) is 47.5 Å². The Morgan fingerprint density at radius 1 is 1.05 bits per heavy atom. The monoisotopic (exact) mass is 330 g/mol. The molecule has 1 aliphatic rings. The Hall–Kier alpha value is -1.48. The van der Waals surface area contributed by atoms with Gasteiger partial charge in [-0.05, 0) is 35.2 Å². The Balaban J connectivity index is 1.91. The lowest BCUT2D eigenvalue weighted by Crippen LogP contribution is -2.21. The van der Waals surface area contributed by atoms with Gasteiger partial charge in [0.15, 0.2) is 0 Å². The zero-order chi connectivity index (χ0) is 15.1. The topological polar surface area (TPSA) is 17.0 Å². The molecule has 1 N–H and O–H groups in total. The summed E-state index contributed by atoms with van der Waals surface area (Å²) >= 11 is 12.5. The van der Waals surface area contributed by atoms with Crippen molar-refractivity contribution in [3.05, 3.63) is 69.8 Å². The minimum Gasteiger partial charge on any atom is -0.343 e. The molecule has 0 fully saturated rings. The molecule has 2 nitrogen and oxygen atoms in total. The van der Waals surface area contributed by atoms with Crippen LogP contribution in [0.4, 0.5) is 0 Å². The third kappa shape index (κ3) is 2.32. The molecule has 0 amide bonds. The Kier molecular flexibility index (Phi) is 3.61. The molecule has 4 heteroatoms. The van der Waals surface area contributed by atoms with E-state index in [9.17, 15) is 0 Å². The third-order valence-corrected chi connectivity index (χ3v) is 4.96. The molecule has 2 aromatic carbocycles. The number of fused-ring (bicyclic) bond motifs is 3. The molecule has 1 atom stereocenters. The van der Waals surface area contributed by atoms with Gasteiger partial charge in [0.1, 0.15) is 0 Å². The molecule has 4 rings (SSSR count). The number of hydrogen-bond acceptors (Lipinski definition) is 1. The molecule has 112 valence electrons. The van der Waals surface area contributed by atoms with Crippen molar-refractivity contribution in [2.45, 2.75) is 12.5 Å². The molecule has 1 unspecified atom stereocenters. The molecule has 0 radical (unpaired) electrons. The van der Waals surface area contributed by atoms with Gasteiger partial charge in [0.2, 0.25) is 0 Å². The van der Waals surface area contributed by atoms with E-state index in [1.807, 2.05) is 18.2 Å². The zero-order valence-corrected chi connectivity index (χ0v) is 13.5. The quantitative estimate of drug-likeness (QED) is 0.685. The number of rotatable bonds is 1. The van der Waals surface area contributed by atoms with Gasteiger partial charge in [0.05, 0.1) is 0 Å². The summed E-state index contributed by atoms with van der Waals surface area (Å²) in [5.74, 6) is 0.236. The highest BCUT2D eigenvalue weighted by atomic mass is 35.5. The maximum Gasteiger partial charge on any atom is 0.0483 e. The van der Waals surface area contributed by atoms with Gasteiger partial charge in [-0.3, -0.25) is 0 Å². The van der Waals surface area contributed by atoms with Crippen molar-refractivity contribution in [1.29, 1.82) is 0 Å². The first-order valence-corrected chi connectivity index (χ1v) is 8.23. The average Bonchev–Trinajstić information content (AvgIpc) is 2.75. The fraction of sp³-hybridized carbons (Fsp3) is 0.222. The number of nitrogens with one attached hydrogen (secondary N) is 1. The molecule has 3 aromatic rings. The number of benzene rings is 2. The number of para-hydroxylation sites is 1. The minimum atomic E-state index is 0.236. The molecule has 0 saturated carbocycles. The Morgan fingerprint density at radius 2 is 1.91 bits per heavy atom. The van der Waals surface area contributed by atoms with Crippen LogP contribution in [0.2, 0.25) is 10.0 Å². The van der Waals surface area contributed by atoms with E-state index in [1.165, 1.54) is 16.6 Å². The minimum absolute atomic E-state index is 0.236. The molecule has 2 heterocycles. The van der Waals surface area contributed by atoms with Crippen LogP contribution >= 0.6 is 23.2 Å². The van der Waals surface area contributed by atoms with Crippen LogP contribution in [-0.4, -0.2) is 17.7 Å². The van der Waals surface area contributed by atoms with Crippen molar-refractivity contribution in [1.82, 2.24) is 9.88 Å². The van der Waals surface area contributed by atoms with Crippen LogP contribution in [0.5, 0.6) is 0 Å². The van der Waals surface area contributed by atoms with Gasteiger partial charge in [-0.2, -0.15) is 0 Å². The lowest BCUT2D eigenvalue weighted by Gasteiger charge is -2.18. The molecule has 22 heavy (non-hydrogen) atoms. The molecule has 1 aromatic heterocycles. The Morgan fingerprint density at radius 3 is 2.77 bits per heavy atom. The number of nitrogens with zero attached hydrogens (tertiary/aromatic N) is 1. The van der Waals surface area contributed by atoms with Gasteiger partial charge in [0, 0.05) is 46.8 Å². The predicted octanol–water partition coefficient (Wildman–Crippen LogP) is 4.68. The van der Waals surface area contributed by atoms with E-state index < -0.39 is 0 Å². The molecule has 0 bridgehead atoms. The van der Waals surface area contributed by atoms with Crippen molar-refractivity contribution in [3.63, 3.8) is 0 Å². The average molecular weight is 331 g/mol. The van der Waals surface area contributed by atoms with Gasteiger partial charge in [-0.25, -0.2) is 0 Å². The largest absolute Gasteiger partial charge is 0.343 e. The summed E-state index contributed by atoms with van der Waals surface area (Å²) in [4.78, 5) is 0. The number of hydrogen-bond donors (Lipinski definition) is 1. The smallest absolute Gasteiger partial charge is 0.0483 e. The van der Waals surface area contributed by atoms with Crippen LogP contribution in [0.25, 0.3) is 10.9 Å². The van der Waals surface area contributed by atoms with Crippen LogP contribution in [0, 0.1) is 0 Å². The van der Waals surface area contributed by atoms with E-state index in [0.29, 0.717) is 5.02 Å². The van der Waals surface area contributed by atoms with Crippen LogP contribution in [0.1, 0.15) is 17.2 Å². The Labute approximate surface area is 139 Å². The van der Waals surface area contributed by atoms with E-state index in [0.717, 1.165) is 30.2 Å². The molecular weight excluding hydrogens is 315 g/mol. The maximum absolute atomic E-state index is 6.46. The van der Waals surface area contributed by atoms with Crippen LogP contribution in [0.15, 0.2) is 48.5 Å². The van der Waals surface area contributed by atoms with E-state index in [-0.39, 0.29) is 5.92 Å². The highest BCUT2D eigenvalue weighted by Gasteiger charge is 2.24. The fourth-order valence-corrected chi connectivity index (χ4v) is 3.91. The second kappa shape index (κ2) is 5.62. The first-order valence-electron chi connectivity index (χ1n) is 7.48.